The van der Waals surface area contributed by atoms with Gasteiger partial charge in [0.25, 0.3) is 0 Å². The molecule has 0 heterocycles. The molecule has 2 atom stereocenters. The average molecular weight is 457 g/mol. The average Bonchev–Trinajstić information content (AvgIpc) is 2.71. The third-order valence-electron chi connectivity index (χ3n) is 3.85. The van der Waals surface area contributed by atoms with Crippen molar-refractivity contribution in [1.82, 2.24) is 10.6 Å². The Morgan fingerprint density at radius 3 is 1.34 bits per heavy atom. The molecule has 32 heavy (non-hydrogen) atoms. The topological polar surface area (TPSA) is 129 Å². The van der Waals surface area contributed by atoms with Crippen molar-refractivity contribution >= 4 is 24.1 Å². The van der Waals surface area contributed by atoms with Gasteiger partial charge in [-0.15, -0.1) is 0 Å². The summed E-state index contributed by atoms with van der Waals surface area (Å²) in [7, 11) is 0. The first-order valence-corrected chi connectivity index (χ1v) is 10.6. The molecule has 2 N–H and O–H groups in total. The second-order valence-electron chi connectivity index (χ2n) is 7.46. The summed E-state index contributed by atoms with van der Waals surface area (Å²) in [5.41, 5.74) is 0.565. The molecule has 0 saturated carbocycles. The number of carbonyl (C=O) groups excluding carboxylic acids is 4. The van der Waals surface area contributed by atoms with E-state index in [-0.39, 0.29) is 24.4 Å². The summed E-state index contributed by atoms with van der Waals surface area (Å²) in [6, 6.07) is 0. The van der Waals surface area contributed by atoms with Crippen molar-refractivity contribution in [3.8, 4) is 0 Å². The van der Waals surface area contributed by atoms with Crippen molar-refractivity contribution in [2.75, 3.05) is 26.3 Å². The van der Waals surface area contributed by atoms with Crippen LogP contribution in [0.4, 0.5) is 9.59 Å². The Hall–Kier alpha value is -3.04. The lowest BCUT2D eigenvalue weighted by atomic mass is 10.2. The molecule has 0 aliphatic rings. The number of rotatable bonds is 15. The van der Waals surface area contributed by atoms with Gasteiger partial charge in [0, 0.05) is 24.2 Å². The fourth-order valence-electron chi connectivity index (χ4n) is 2.13. The molecule has 0 aliphatic carbocycles. The van der Waals surface area contributed by atoms with E-state index < -0.39 is 36.3 Å². The summed E-state index contributed by atoms with van der Waals surface area (Å²) in [6.07, 6.45) is 0.946. The largest absolute Gasteiger partial charge is 0.458 e. The highest BCUT2D eigenvalue weighted by atomic mass is 16.6. The van der Waals surface area contributed by atoms with Crippen LogP contribution in [-0.2, 0) is 28.5 Å². The molecule has 10 heteroatoms. The number of amides is 2. The van der Waals surface area contributed by atoms with Crippen LogP contribution >= 0.6 is 0 Å². The molecule has 1 unspecified atom stereocenters. The zero-order valence-electron chi connectivity index (χ0n) is 19.5. The third kappa shape index (κ3) is 15.8. The minimum Gasteiger partial charge on any atom is -0.458 e. The van der Waals surface area contributed by atoms with Gasteiger partial charge in [-0.2, -0.15) is 0 Å². The van der Waals surface area contributed by atoms with Crippen LogP contribution in [0.5, 0.6) is 0 Å². The lowest BCUT2D eigenvalue weighted by Crippen LogP contribution is -2.31. The van der Waals surface area contributed by atoms with Crippen LogP contribution in [0.3, 0.4) is 0 Å². The smallest absolute Gasteiger partial charge is 0.407 e. The SMILES string of the molecule is C=C(C)C(=O)OCC(C)OC(=O)NCCCCCCNC(=O)O[C@H](C)COC(=O)C(=C)C. The lowest BCUT2D eigenvalue weighted by molar-refractivity contribution is -0.142. The van der Waals surface area contributed by atoms with Crippen LogP contribution in [0.25, 0.3) is 0 Å². The summed E-state index contributed by atoms with van der Waals surface area (Å²) >= 11 is 0. The van der Waals surface area contributed by atoms with E-state index in [1.165, 1.54) is 13.8 Å². The molecule has 10 nitrogen and oxygen atoms in total. The maximum absolute atomic E-state index is 11.7. The Morgan fingerprint density at radius 2 is 1.03 bits per heavy atom. The van der Waals surface area contributed by atoms with E-state index in [1.807, 2.05) is 0 Å². The third-order valence-corrected chi connectivity index (χ3v) is 3.85. The molecule has 0 radical (unpaired) electrons. The van der Waals surface area contributed by atoms with Crippen LogP contribution in [0.2, 0.25) is 0 Å². The van der Waals surface area contributed by atoms with Gasteiger partial charge in [-0.3, -0.25) is 0 Å². The molecule has 0 spiro atoms. The van der Waals surface area contributed by atoms with Gasteiger partial charge in [0.1, 0.15) is 25.4 Å². The fourth-order valence-corrected chi connectivity index (χ4v) is 2.13. The standard InChI is InChI=1S/C22H36N2O8/c1-15(2)19(25)29-13-17(5)31-21(27)23-11-9-7-8-10-12-24-22(28)32-18(6)14-30-20(26)16(3)4/h17-18H,1,3,7-14H2,2,4-6H3,(H,23,27)(H,24,28)/t17-,18?/m1/s1. The van der Waals surface area contributed by atoms with Gasteiger partial charge in [0.15, 0.2) is 0 Å². The van der Waals surface area contributed by atoms with E-state index >= 15 is 0 Å². The van der Waals surface area contributed by atoms with Gasteiger partial charge in [-0.25, -0.2) is 19.2 Å². The number of esters is 2. The van der Waals surface area contributed by atoms with Crippen LogP contribution in [0.1, 0.15) is 53.4 Å². The molecule has 0 saturated heterocycles. The Balaban J connectivity index is 3.66. The fraction of sp³-hybridized carbons (Fsp3) is 0.636. The maximum Gasteiger partial charge on any atom is 0.407 e. The first-order chi connectivity index (χ1) is 15.0. The molecule has 0 fully saturated rings. The monoisotopic (exact) mass is 456 g/mol. The summed E-state index contributed by atoms with van der Waals surface area (Å²) in [5.74, 6) is -1.05. The predicted octanol–water partition coefficient (Wildman–Crippen LogP) is 3.01. The van der Waals surface area contributed by atoms with Crippen molar-refractivity contribution < 1.29 is 38.1 Å². The van der Waals surface area contributed by atoms with Crippen LogP contribution in [0.15, 0.2) is 24.3 Å². The molecule has 0 bridgehead atoms. The second-order valence-corrected chi connectivity index (χ2v) is 7.46. The first kappa shape index (κ1) is 29.0. The summed E-state index contributed by atoms with van der Waals surface area (Å²) in [6.45, 7) is 14.1. The van der Waals surface area contributed by atoms with Crippen molar-refractivity contribution in [3.05, 3.63) is 24.3 Å². The zero-order valence-corrected chi connectivity index (χ0v) is 19.5. The van der Waals surface area contributed by atoms with E-state index in [4.69, 9.17) is 18.9 Å². The van der Waals surface area contributed by atoms with Gasteiger partial charge in [0.05, 0.1) is 0 Å². The quantitative estimate of drug-likeness (QED) is 0.166. The summed E-state index contributed by atoms with van der Waals surface area (Å²) < 4.78 is 20.0. The number of alkyl carbamates (subject to hydrolysis) is 2. The predicted molar refractivity (Wildman–Crippen MR) is 118 cm³/mol. The minimum absolute atomic E-state index is 0.0348. The highest BCUT2D eigenvalue weighted by Crippen LogP contribution is 2.01. The number of unbranched alkanes of at least 4 members (excludes halogenated alkanes) is 3. The Bertz CT molecular complexity index is 606. The molecule has 0 aliphatic heterocycles. The minimum atomic E-state index is -0.573. The highest BCUT2D eigenvalue weighted by molar-refractivity contribution is 5.87. The number of ether oxygens (including phenoxy) is 4. The highest BCUT2D eigenvalue weighted by Gasteiger charge is 2.13. The second kappa shape index (κ2) is 16.6. The van der Waals surface area contributed by atoms with E-state index in [2.05, 4.69) is 23.8 Å². The maximum atomic E-state index is 11.7. The Kier molecular flexibility index (Phi) is 15.0. The molecule has 0 aromatic carbocycles. The van der Waals surface area contributed by atoms with Crippen molar-refractivity contribution in [1.29, 1.82) is 0 Å². The van der Waals surface area contributed by atoms with Crippen molar-refractivity contribution in [2.24, 2.45) is 0 Å². The zero-order chi connectivity index (χ0) is 24.5. The summed E-state index contributed by atoms with van der Waals surface area (Å²) in [4.78, 5) is 45.9. The van der Waals surface area contributed by atoms with Gasteiger partial charge in [0.2, 0.25) is 0 Å². The molecule has 0 aromatic rings. The molecule has 0 aromatic heterocycles. The summed E-state index contributed by atoms with van der Waals surface area (Å²) in [5, 5.41) is 5.26. The number of hydrogen-bond acceptors (Lipinski definition) is 8. The van der Waals surface area contributed by atoms with Crippen LogP contribution in [0, 0.1) is 0 Å². The Morgan fingerprint density at radius 1 is 0.688 bits per heavy atom. The van der Waals surface area contributed by atoms with Gasteiger partial charge < -0.3 is 29.6 Å². The van der Waals surface area contributed by atoms with E-state index in [0.717, 1.165) is 25.7 Å². The lowest BCUT2D eigenvalue weighted by Gasteiger charge is -2.14. The van der Waals surface area contributed by atoms with Gasteiger partial charge in [-0.05, 0) is 40.5 Å². The Labute approximate surface area is 189 Å². The molecular formula is C22H36N2O8. The van der Waals surface area contributed by atoms with Crippen LogP contribution < -0.4 is 10.6 Å². The van der Waals surface area contributed by atoms with Crippen LogP contribution in [-0.4, -0.2) is 62.6 Å². The first-order valence-electron chi connectivity index (χ1n) is 10.6. The molecule has 182 valence electrons. The molecule has 0 rings (SSSR count). The number of hydrogen-bond donors (Lipinski definition) is 2. The van der Waals surface area contributed by atoms with E-state index in [9.17, 15) is 19.2 Å². The van der Waals surface area contributed by atoms with Crippen molar-refractivity contribution in [3.63, 3.8) is 0 Å². The molecular weight excluding hydrogens is 420 g/mol. The van der Waals surface area contributed by atoms with E-state index in [0.29, 0.717) is 13.1 Å². The van der Waals surface area contributed by atoms with E-state index in [1.54, 1.807) is 13.8 Å². The number of nitrogens with one attached hydrogen (secondary N) is 2. The van der Waals surface area contributed by atoms with Gasteiger partial charge in [-0.1, -0.05) is 26.0 Å². The van der Waals surface area contributed by atoms with Gasteiger partial charge >= 0.3 is 24.1 Å². The number of carbonyl (C=O) groups is 4. The molecule has 2 amide bonds. The van der Waals surface area contributed by atoms with Crippen molar-refractivity contribution in [2.45, 2.75) is 65.6 Å². The normalized spacial score (nSPS) is 12.0.